The van der Waals surface area contributed by atoms with Gasteiger partial charge in [0.05, 0.1) is 33.0 Å². The minimum absolute atomic E-state index is 0.0531. The number of fused-ring (bicyclic) bond motifs is 3. The van der Waals surface area contributed by atoms with Crippen molar-refractivity contribution in [3.05, 3.63) is 136 Å². The lowest BCUT2D eigenvalue weighted by atomic mass is 9.89. The van der Waals surface area contributed by atoms with Crippen LogP contribution in [0.5, 0.6) is 5.75 Å². The number of anilines is 3. The number of carbonyl (C=O) groups is 3. The molecule has 16 heteroatoms. The summed E-state index contributed by atoms with van der Waals surface area (Å²) in [5, 5.41) is 32.3. The molecule has 354 valence electrons. The van der Waals surface area contributed by atoms with Crippen molar-refractivity contribution in [2.24, 2.45) is 13.0 Å². The number of thiazole rings is 1. The summed E-state index contributed by atoms with van der Waals surface area (Å²) >= 11 is 1.43. The number of pyridine rings is 1. The van der Waals surface area contributed by atoms with Gasteiger partial charge in [0.2, 0.25) is 5.91 Å². The highest BCUT2D eigenvalue weighted by molar-refractivity contribution is 7.22. The van der Waals surface area contributed by atoms with Crippen molar-refractivity contribution in [1.82, 2.24) is 30.0 Å². The van der Waals surface area contributed by atoms with E-state index in [0.717, 1.165) is 95.6 Å². The molecule has 0 bridgehead atoms. The highest BCUT2D eigenvalue weighted by atomic mass is 32.1. The van der Waals surface area contributed by atoms with Gasteiger partial charge in [0.25, 0.3) is 5.91 Å². The number of piperidine rings is 2. The van der Waals surface area contributed by atoms with E-state index >= 15 is 0 Å². The second kappa shape index (κ2) is 18.9. The van der Waals surface area contributed by atoms with Crippen molar-refractivity contribution in [2.75, 3.05) is 54.4 Å². The number of nitrogens with zero attached hydrogens (tertiary/aromatic N) is 7. The van der Waals surface area contributed by atoms with Crippen molar-refractivity contribution in [3.63, 3.8) is 0 Å². The highest BCUT2D eigenvalue weighted by Crippen LogP contribution is 2.38. The Hall–Kier alpha value is -6.88. The number of aryl methyl sites for hydroxylation is 1. The number of aromatic nitrogens is 4. The van der Waals surface area contributed by atoms with Crippen LogP contribution in [0.15, 0.2) is 97.1 Å². The Kier molecular flexibility index (Phi) is 12.2. The topological polar surface area (TPSA) is 178 Å². The summed E-state index contributed by atoms with van der Waals surface area (Å²) in [5.74, 6) is 0.349. The molecule has 4 aromatic carbocycles. The fraction of sp³-hybridized carbons (Fsp3) is 0.358. The van der Waals surface area contributed by atoms with Gasteiger partial charge < -0.3 is 35.0 Å². The summed E-state index contributed by atoms with van der Waals surface area (Å²) in [7, 11) is 1.96. The molecule has 7 heterocycles. The van der Waals surface area contributed by atoms with E-state index in [1.807, 2.05) is 77.3 Å². The average Bonchev–Trinajstić information content (AvgIpc) is 4.10. The van der Waals surface area contributed by atoms with Crippen LogP contribution in [0.4, 0.5) is 16.6 Å². The largest absolute Gasteiger partial charge is 0.489 e. The number of rotatable bonds is 12. The number of carbonyl (C=O) groups excluding carboxylic acids is 2. The van der Waals surface area contributed by atoms with Gasteiger partial charge in [0.15, 0.2) is 10.8 Å². The molecular formula is C53H55N9O6S. The molecule has 7 aromatic rings. The Morgan fingerprint density at radius 1 is 0.870 bits per heavy atom. The van der Waals surface area contributed by atoms with E-state index in [1.54, 1.807) is 6.07 Å². The van der Waals surface area contributed by atoms with Crippen LogP contribution in [0.1, 0.15) is 92.7 Å². The molecule has 2 amide bonds. The molecule has 0 spiro atoms. The number of carboxylic acid groups (broad SMARTS) is 1. The maximum Gasteiger partial charge on any atom is 0.354 e. The molecule has 2 unspecified atom stereocenters. The second-order valence-corrected chi connectivity index (χ2v) is 19.9. The monoisotopic (exact) mass is 945 g/mol. The van der Waals surface area contributed by atoms with Crippen LogP contribution in [0, 0.1) is 5.92 Å². The summed E-state index contributed by atoms with van der Waals surface area (Å²) in [4.78, 5) is 55.3. The molecule has 4 N–H and O–H groups in total. The van der Waals surface area contributed by atoms with Gasteiger partial charge in [-0.05, 0) is 129 Å². The van der Waals surface area contributed by atoms with E-state index in [0.29, 0.717) is 72.0 Å². The molecule has 11 rings (SSSR count). The summed E-state index contributed by atoms with van der Waals surface area (Å²) in [5.41, 5.74) is 8.10. The number of amides is 2. The first-order valence-corrected chi connectivity index (χ1v) is 24.8. The van der Waals surface area contributed by atoms with Crippen LogP contribution in [0.3, 0.4) is 0 Å². The van der Waals surface area contributed by atoms with Crippen LogP contribution >= 0.6 is 11.3 Å². The summed E-state index contributed by atoms with van der Waals surface area (Å²) in [6, 6.07) is 31.7. The van der Waals surface area contributed by atoms with Crippen molar-refractivity contribution < 1.29 is 29.3 Å². The van der Waals surface area contributed by atoms with E-state index in [4.69, 9.17) is 9.84 Å². The van der Waals surface area contributed by atoms with Crippen LogP contribution in [0.2, 0.25) is 0 Å². The molecule has 0 saturated carbocycles. The van der Waals surface area contributed by atoms with Crippen LogP contribution in [-0.2, 0) is 31.4 Å². The Bertz CT molecular complexity index is 3040. The van der Waals surface area contributed by atoms with Crippen molar-refractivity contribution in [2.45, 2.75) is 69.7 Å². The van der Waals surface area contributed by atoms with E-state index in [9.17, 15) is 24.6 Å². The number of benzene rings is 4. The number of ether oxygens (including phenoxy) is 1. The van der Waals surface area contributed by atoms with Gasteiger partial charge in [-0.1, -0.05) is 59.9 Å². The third kappa shape index (κ3) is 9.11. The molecule has 4 aliphatic heterocycles. The maximum atomic E-state index is 13.6. The lowest BCUT2D eigenvalue weighted by Crippen LogP contribution is -2.42. The molecule has 15 nitrogen and oxygen atoms in total. The van der Waals surface area contributed by atoms with Crippen molar-refractivity contribution in [3.8, 4) is 5.75 Å². The van der Waals surface area contributed by atoms with E-state index in [2.05, 4.69) is 60.7 Å². The molecule has 3 fully saturated rings. The quantitative estimate of drug-likeness (QED) is 0.0941. The first-order chi connectivity index (χ1) is 33.6. The summed E-state index contributed by atoms with van der Waals surface area (Å²) < 4.78 is 9.08. The Morgan fingerprint density at radius 3 is 2.51 bits per heavy atom. The lowest BCUT2D eigenvalue weighted by Gasteiger charge is -2.34. The zero-order valence-electron chi connectivity index (χ0n) is 38.5. The van der Waals surface area contributed by atoms with Crippen molar-refractivity contribution >= 4 is 66.9 Å². The standard InChI is InChI=1S/C53H55N9O6S/c1-59-49-39(48(58-59)40-17-19-46(63)56-51(40)65)8-5-10-43(49)61-26-20-32(29-61)28-60-24-21-34(22-25-60)33-12-15-37(16-13-33)68-31-36-14-18-45(55-47(36)52(66)67)62-27-23-35-6-4-7-38(41(35)30-62)50(64)57-53-54-42-9-2-3-11-44(42)69-53/h2-16,18,32,34,40,46,63H,17,19-31H2,1H3,(H,56,65)(H,66,67)(H,54,57,64)/t32-,40?,46?/m1/s1. The van der Waals surface area contributed by atoms with E-state index in [-0.39, 0.29) is 30.0 Å². The zero-order chi connectivity index (χ0) is 47.2. The molecule has 0 aliphatic carbocycles. The number of para-hydroxylation sites is 2. The van der Waals surface area contributed by atoms with Gasteiger partial charge in [-0.25, -0.2) is 14.8 Å². The zero-order valence-corrected chi connectivity index (χ0v) is 39.3. The number of hydrogen-bond donors (Lipinski definition) is 4. The van der Waals surface area contributed by atoms with Gasteiger partial charge in [-0.3, -0.25) is 19.6 Å². The fourth-order valence-corrected chi connectivity index (χ4v) is 11.8. The average molecular weight is 946 g/mol. The van der Waals surface area contributed by atoms with Gasteiger partial charge in [-0.15, -0.1) is 0 Å². The Labute approximate surface area is 403 Å². The predicted octanol–water partition coefficient (Wildman–Crippen LogP) is 7.69. The summed E-state index contributed by atoms with van der Waals surface area (Å²) in [6.07, 6.45) is 4.29. The van der Waals surface area contributed by atoms with Gasteiger partial charge in [0, 0.05) is 56.3 Å². The highest BCUT2D eigenvalue weighted by Gasteiger charge is 2.34. The third-order valence-corrected chi connectivity index (χ3v) is 15.5. The molecule has 3 saturated heterocycles. The smallest absolute Gasteiger partial charge is 0.354 e. The molecule has 3 atom stereocenters. The number of nitrogens with one attached hydrogen (secondary N) is 2. The molecule has 3 aromatic heterocycles. The number of likely N-dealkylation sites (tertiary alicyclic amines) is 1. The Morgan fingerprint density at radius 2 is 1.70 bits per heavy atom. The van der Waals surface area contributed by atoms with Crippen LogP contribution in [0.25, 0.3) is 21.1 Å². The fourth-order valence-electron chi connectivity index (χ4n) is 11.0. The molecule has 0 radical (unpaired) electrons. The van der Waals surface area contributed by atoms with Crippen LogP contribution in [-0.4, -0.2) is 98.1 Å². The normalized spacial score (nSPS) is 20.0. The number of carboxylic acids is 1. The number of aromatic carboxylic acids is 1. The van der Waals surface area contributed by atoms with Crippen LogP contribution < -0.4 is 25.2 Å². The second-order valence-electron chi connectivity index (χ2n) is 18.9. The van der Waals surface area contributed by atoms with Gasteiger partial charge >= 0.3 is 5.97 Å². The minimum atomic E-state index is -1.12. The molecular weight excluding hydrogens is 891 g/mol. The molecule has 69 heavy (non-hydrogen) atoms. The lowest BCUT2D eigenvalue weighted by molar-refractivity contribution is -0.128. The SMILES string of the molecule is Cn1nc(C2CCC(O)NC2=O)c2cccc(N3CC[C@H](CN4CCC(c5ccc(OCc6ccc(N7CCc8cccc(C(=O)Nc9nc%10ccccc%10s9)c8C7)nc6C(=O)O)cc5)CC4)C3)c21. The number of aliphatic hydroxyl groups is 1. The number of aliphatic hydroxyl groups excluding tert-OH is 1. The van der Waals surface area contributed by atoms with E-state index < -0.39 is 12.2 Å². The third-order valence-electron chi connectivity index (χ3n) is 14.6. The number of hydrogen-bond acceptors (Lipinski definition) is 12. The van der Waals surface area contributed by atoms with Gasteiger partial charge in [0.1, 0.15) is 24.4 Å². The molecule has 4 aliphatic rings. The predicted molar refractivity (Wildman–Crippen MR) is 266 cm³/mol. The first-order valence-electron chi connectivity index (χ1n) is 24.0. The minimum Gasteiger partial charge on any atom is -0.489 e. The maximum absolute atomic E-state index is 13.6. The van der Waals surface area contributed by atoms with E-state index in [1.165, 1.54) is 16.9 Å². The van der Waals surface area contributed by atoms with Crippen molar-refractivity contribution in [1.29, 1.82) is 0 Å². The first kappa shape index (κ1) is 44.6. The van der Waals surface area contributed by atoms with Gasteiger partial charge in [-0.2, -0.15) is 5.10 Å². The summed E-state index contributed by atoms with van der Waals surface area (Å²) in [6.45, 7) is 6.23. The Balaban J connectivity index is 0.672.